The predicted octanol–water partition coefficient (Wildman–Crippen LogP) is 1.17. The molecule has 2 saturated carbocycles. The number of ketones is 2. The molecule has 0 amide bonds. The highest BCUT2D eigenvalue weighted by molar-refractivity contribution is 5.98. The number of ether oxygens (including phenoxy) is 6. The Hall–Kier alpha value is -2.41. The highest BCUT2D eigenvalue weighted by Gasteiger charge is 2.85. The quantitative estimate of drug-likeness (QED) is 0.338. The number of esters is 3. The third-order valence-corrected chi connectivity index (χ3v) is 12.6. The van der Waals surface area contributed by atoms with Crippen LogP contribution in [0.5, 0.6) is 0 Å². The van der Waals surface area contributed by atoms with Gasteiger partial charge in [-0.1, -0.05) is 13.8 Å². The third kappa shape index (κ3) is 3.04. The van der Waals surface area contributed by atoms with Gasteiger partial charge in [-0.3, -0.25) is 19.2 Å². The molecule has 234 valence electrons. The molecule has 2 aliphatic carbocycles. The van der Waals surface area contributed by atoms with E-state index in [0.717, 1.165) is 0 Å². The number of hydrogen-bond donors (Lipinski definition) is 1. The van der Waals surface area contributed by atoms with E-state index in [2.05, 4.69) is 0 Å². The van der Waals surface area contributed by atoms with Crippen LogP contribution in [0.1, 0.15) is 73.6 Å². The number of aliphatic hydroxyl groups is 1. The summed E-state index contributed by atoms with van der Waals surface area (Å²) in [4.78, 5) is 67.6. The number of fused-ring (bicyclic) bond motifs is 2. The van der Waals surface area contributed by atoms with Gasteiger partial charge in [0.05, 0.1) is 23.5 Å². The lowest BCUT2D eigenvalue weighted by Gasteiger charge is -2.50. The predicted molar refractivity (Wildman–Crippen MR) is 140 cm³/mol. The second kappa shape index (κ2) is 7.86. The third-order valence-electron chi connectivity index (χ3n) is 12.6. The highest BCUT2D eigenvalue weighted by atomic mass is 16.7. The summed E-state index contributed by atoms with van der Waals surface area (Å²) in [7, 11) is 0. The fraction of sp³-hybridized carbons (Fsp3) is 0.839. The van der Waals surface area contributed by atoms with Crippen molar-refractivity contribution < 1.29 is 57.5 Å². The molecule has 3 spiro atoms. The first kappa shape index (κ1) is 28.1. The van der Waals surface area contributed by atoms with Gasteiger partial charge in [0.1, 0.15) is 35.8 Å². The zero-order chi connectivity index (χ0) is 30.9. The van der Waals surface area contributed by atoms with Crippen molar-refractivity contribution in [2.45, 2.75) is 126 Å². The smallest absolute Gasteiger partial charge is 0.341 e. The summed E-state index contributed by atoms with van der Waals surface area (Å²) < 4.78 is 37.9. The van der Waals surface area contributed by atoms with Gasteiger partial charge in [0.25, 0.3) is 0 Å². The average Bonchev–Trinajstić information content (AvgIpc) is 3.47. The molecular formula is C31H38O12. The molecule has 0 aromatic heterocycles. The molecule has 12 heteroatoms. The van der Waals surface area contributed by atoms with Crippen molar-refractivity contribution in [2.24, 2.45) is 35.0 Å². The first-order chi connectivity index (χ1) is 19.9. The summed E-state index contributed by atoms with van der Waals surface area (Å²) in [6, 6.07) is 0. The number of Topliss-reactive ketones (excluding diaryl/α,β-unsaturated/α-hetero) is 2. The van der Waals surface area contributed by atoms with Crippen LogP contribution in [0.4, 0.5) is 0 Å². The lowest BCUT2D eigenvalue weighted by molar-refractivity contribution is -0.339. The van der Waals surface area contributed by atoms with Crippen LogP contribution in [-0.2, 0) is 52.4 Å². The second-order valence-corrected chi connectivity index (χ2v) is 15.3. The van der Waals surface area contributed by atoms with E-state index in [0.29, 0.717) is 6.42 Å². The largest absolute Gasteiger partial charge is 0.462 e. The van der Waals surface area contributed by atoms with Crippen LogP contribution in [0.25, 0.3) is 0 Å². The summed E-state index contributed by atoms with van der Waals surface area (Å²) in [5.74, 6) is -7.98. The molecule has 43 heavy (non-hydrogen) atoms. The monoisotopic (exact) mass is 602 g/mol. The topological polar surface area (TPSA) is 161 Å². The van der Waals surface area contributed by atoms with Gasteiger partial charge >= 0.3 is 17.9 Å². The lowest BCUT2D eigenvalue weighted by Crippen LogP contribution is -2.66. The Morgan fingerprint density at radius 3 is 2.44 bits per heavy atom. The van der Waals surface area contributed by atoms with Crippen LogP contribution >= 0.6 is 0 Å². The van der Waals surface area contributed by atoms with Gasteiger partial charge in [0, 0.05) is 42.4 Å². The van der Waals surface area contributed by atoms with Gasteiger partial charge in [0.2, 0.25) is 11.6 Å². The maximum Gasteiger partial charge on any atom is 0.341 e. The molecule has 0 aromatic carbocycles. The van der Waals surface area contributed by atoms with Crippen LogP contribution in [0, 0.1) is 35.0 Å². The molecule has 0 radical (unpaired) electrons. The van der Waals surface area contributed by atoms with Crippen molar-refractivity contribution >= 4 is 29.5 Å². The zero-order valence-electron chi connectivity index (χ0n) is 25.2. The number of hydrogen-bond acceptors (Lipinski definition) is 12. The van der Waals surface area contributed by atoms with Gasteiger partial charge < -0.3 is 33.5 Å². The molecule has 2 bridgehead atoms. The minimum atomic E-state index is -2.09. The highest BCUT2D eigenvalue weighted by Crippen LogP contribution is 2.71. The molecule has 8 fully saturated rings. The van der Waals surface area contributed by atoms with Gasteiger partial charge in [0.15, 0.2) is 5.60 Å². The van der Waals surface area contributed by atoms with Gasteiger partial charge in [-0.15, -0.1) is 0 Å². The Labute approximate surface area is 248 Å². The number of carbonyl (C=O) groups is 5. The first-order valence-electron chi connectivity index (χ1n) is 15.4. The maximum absolute atomic E-state index is 15.2. The fourth-order valence-corrected chi connectivity index (χ4v) is 11.1. The van der Waals surface area contributed by atoms with Crippen LogP contribution in [0.3, 0.4) is 0 Å². The van der Waals surface area contributed by atoms with Crippen molar-refractivity contribution in [3.05, 3.63) is 0 Å². The lowest BCUT2D eigenvalue weighted by atomic mass is 9.60. The summed E-state index contributed by atoms with van der Waals surface area (Å²) in [6.07, 6.45) is -2.93. The number of carbonyl (C=O) groups excluding carboxylic acids is 5. The molecule has 1 N–H and O–H groups in total. The van der Waals surface area contributed by atoms with Crippen LogP contribution < -0.4 is 0 Å². The Morgan fingerprint density at radius 2 is 1.74 bits per heavy atom. The SMILES string of the molecule is CC(=O)O[C@H]1C[C@H]2C(C)(C)O[C@@H]3CC(=O)O[C@@]32C[C@]23CC[C@]4(C)C(=O)[C@@H](C)[C@@H]5[C@H]6OC(=O)[C@](C)(O)[C@H]6O[C@@](O2)(C(=O)[C@H]13)[C@@H]54. The molecule has 6 aliphatic heterocycles. The Kier molecular flexibility index (Phi) is 5.14. The fourth-order valence-electron chi connectivity index (χ4n) is 11.1. The minimum absolute atomic E-state index is 0.0407. The summed E-state index contributed by atoms with van der Waals surface area (Å²) in [5, 5.41) is 11.3. The van der Waals surface area contributed by atoms with E-state index >= 15 is 4.79 Å². The average molecular weight is 603 g/mol. The maximum atomic E-state index is 15.2. The zero-order valence-corrected chi connectivity index (χ0v) is 25.2. The van der Waals surface area contributed by atoms with Crippen molar-refractivity contribution in [3.63, 3.8) is 0 Å². The second-order valence-electron chi connectivity index (χ2n) is 15.3. The molecule has 8 rings (SSSR count). The van der Waals surface area contributed by atoms with Gasteiger partial charge in [-0.25, -0.2) is 4.79 Å². The Balaban J connectivity index is 1.35. The molecule has 12 nitrogen and oxygen atoms in total. The van der Waals surface area contributed by atoms with Crippen molar-refractivity contribution in [2.75, 3.05) is 0 Å². The van der Waals surface area contributed by atoms with E-state index in [1.165, 1.54) is 13.8 Å². The normalized spacial score (nSPS) is 57.0. The molecule has 8 aliphatic rings. The molecule has 0 unspecified atom stereocenters. The number of rotatable bonds is 1. The van der Waals surface area contributed by atoms with Crippen LogP contribution in [-0.4, -0.2) is 87.2 Å². The first-order valence-corrected chi connectivity index (χ1v) is 15.4. The van der Waals surface area contributed by atoms with E-state index < -0.39 is 111 Å². The van der Waals surface area contributed by atoms with E-state index in [1.807, 2.05) is 20.8 Å². The molecular weight excluding hydrogens is 564 g/mol. The van der Waals surface area contributed by atoms with E-state index in [1.54, 1.807) is 6.92 Å². The van der Waals surface area contributed by atoms with Crippen LogP contribution in [0.15, 0.2) is 0 Å². The van der Waals surface area contributed by atoms with Crippen LogP contribution in [0.2, 0.25) is 0 Å². The molecule has 14 atom stereocenters. The summed E-state index contributed by atoms with van der Waals surface area (Å²) in [6.45, 7) is 9.97. The van der Waals surface area contributed by atoms with Gasteiger partial charge in [-0.05, 0) is 40.0 Å². The summed E-state index contributed by atoms with van der Waals surface area (Å²) in [5.41, 5.74) is -6.45. The van der Waals surface area contributed by atoms with E-state index in [-0.39, 0.29) is 31.5 Å². The Bertz CT molecular complexity index is 1400. The molecule has 6 heterocycles. The minimum Gasteiger partial charge on any atom is -0.462 e. The van der Waals surface area contributed by atoms with Crippen molar-refractivity contribution in [3.8, 4) is 0 Å². The molecule has 0 aromatic rings. The van der Waals surface area contributed by atoms with E-state index in [9.17, 15) is 24.3 Å². The van der Waals surface area contributed by atoms with Crippen molar-refractivity contribution in [1.82, 2.24) is 0 Å². The standard InChI is InChI=1S/C31H38O12/c1-12-18-20-24(28(6,37)25(36)39-20)42-31-21(18)27(5,22(12)34)7-8-29(43-31)11-30-15(9-14(38-13(2)32)19(29)23(31)35)26(3,4)40-16(30)10-17(33)41-30/h12,14-16,18-21,24,37H,7-11H2,1-6H3/t12-,14-,15-,16+,18+,19-,20+,21-,24-,27-,28+,29-,30+,31-/m0/s1. The van der Waals surface area contributed by atoms with E-state index in [4.69, 9.17) is 28.4 Å². The summed E-state index contributed by atoms with van der Waals surface area (Å²) >= 11 is 0. The molecule has 6 saturated heterocycles. The van der Waals surface area contributed by atoms with Gasteiger partial charge in [-0.2, -0.15) is 0 Å². The Morgan fingerprint density at radius 1 is 1.02 bits per heavy atom. The van der Waals surface area contributed by atoms with Crippen molar-refractivity contribution in [1.29, 1.82) is 0 Å².